The van der Waals surface area contributed by atoms with Gasteiger partial charge in [-0.2, -0.15) is 0 Å². The Kier molecular flexibility index (Phi) is 5.65. The minimum atomic E-state index is -1.28. The van der Waals surface area contributed by atoms with Crippen molar-refractivity contribution in [1.82, 2.24) is 0 Å². The van der Waals surface area contributed by atoms with Crippen molar-refractivity contribution in [3.05, 3.63) is 47.5 Å². The lowest BCUT2D eigenvalue weighted by atomic mass is 9.41. The molecule has 9 atom stereocenters. The highest BCUT2D eigenvalue weighted by atomic mass is 16.5. The maximum Gasteiger partial charge on any atom is 0.315 e. The molecule has 194 valence electrons. The van der Waals surface area contributed by atoms with Gasteiger partial charge in [0.25, 0.3) is 0 Å². The number of methoxy groups -OCH3 is 2. The molecular formula is C28H34O8. The number of rotatable bonds is 4. The summed E-state index contributed by atoms with van der Waals surface area (Å²) in [7, 11) is 2.62. The Hall–Kier alpha value is -2.71. The van der Waals surface area contributed by atoms with Crippen LogP contribution in [0.2, 0.25) is 0 Å². The lowest BCUT2D eigenvalue weighted by molar-refractivity contribution is -0.216. The first kappa shape index (κ1) is 25.0. The van der Waals surface area contributed by atoms with E-state index in [4.69, 9.17) is 18.6 Å². The number of aliphatic hydroxyl groups is 1. The topological polar surface area (TPSA) is 112 Å². The van der Waals surface area contributed by atoms with Gasteiger partial charge in [0.2, 0.25) is 0 Å². The number of aliphatic hydroxyl groups excluding tert-OH is 1. The van der Waals surface area contributed by atoms with Gasteiger partial charge in [-0.25, -0.2) is 0 Å². The number of hydrogen-bond donors (Lipinski definition) is 1. The van der Waals surface area contributed by atoms with Gasteiger partial charge in [0, 0.05) is 22.7 Å². The summed E-state index contributed by atoms with van der Waals surface area (Å²) in [5.41, 5.74) is -0.215. The van der Waals surface area contributed by atoms with Gasteiger partial charge in [-0.15, -0.1) is 0 Å². The standard InChI is InChI=1S/C28H34O8/c1-14-16(15-8-10-35-13-15)11-17-21(14)28(4)18(12-20(30)33-5)27(3)19(29)7-9-26(2,25(32)34-6)23(27)22(31)24(28)36-17/h7-10,13,16-18,22-24,31H,11-12H2,1-6H3/t16-,17?,18-,22-,23?,24-,26-,27+,28-/m1/s1. The number of furan rings is 1. The second kappa shape index (κ2) is 8.15. The van der Waals surface area contributed by atoms with Crippen LogP contribution in [-0.2, 0) is 28.6 Å². The van der Waals surface area contributed by atoms with Crippen molar-refractivity contribution in [3.63, 3.8) is 0 Å². The van der Waals surface area contributed by atoms with E-state index in [-0.39, 0.29) is 24.2 Å². The quantitative estimate of drug-likeness (QED) is 0.497. The van der Waals surface area contributed by atoms with Crippen molar-refractivity contribution >= 4 is 17.7 Å². The van der Waals surface area contributed by atoms with Crippen LogP contribution in [0.25, 0.3) is 0 Å². The van der Waals surface area contributed by atoms with Gasteiger partial charge >= 0.3 is 11.9 Å². The number of carbonyl (C=O) groups excluding carboxylic acids is 3. The Balaban J connectivity index is 1.73. The molecule has 2 unspecified atom stereocenters. The zero-order valence-corrected chi connectivity index (χ0v) is 21.6. The van der Waals surface area contributed by atoms with Gasteiger partial charge in [0.15, 0.2) is 5.78 Å². The second-order valence-electron chi connectivity index (χ2n) is 11.3. The molecule has 2 fully saturated rings. The minimum absolute atomic E-state index is 0.0523. The summed E-state index contributed by atoms with van der Waals surface area (Å²) in [6.45, 7) is 7.50. The highest BCUT2D eigenvalue weighted by Crippen LogP contribution is 2.70. The van der Waals surface area contributed by atoms with E-state index < -0.39 is 52.2 Å². The summed E-state index contributed by atoms with van der Waals surface area (Å²) in [5.74, 6) is -2.60. The van der Waals surface area contributed by atoms with Gasteiger partial charge in [0.05, 0.1) is 56.9 Å². The first-order valence-electron chi connectivity index (χ1n) is 12.4. The molecule has 8 nitrogen and oxygen atoms in total. The number of esters is 2. The Labute approximate surface area is 210 Å². The average molecular weight is 499 g/mol. The Bertz CT molecular complexity index is 1160. The van der Waals surface area contributed by atoms with Gasteiger partial charge in [-0.1, -0.05) is 25.5 Å². The number of fused-ring (bicyclic) bond motifs is 4. The van der Waals surface area contributed by atoms with E-state index >= 15 is 0 Å². The van der Waals surface area contributed by atoms with Gasteiger partial charge in [-0.3, -0.25) is 14.4 Å². The molecule has 4 aliphatic rings. The molecule has 2 heterocycles. The summed E-state index contributed by atoms with van der Waals surface area (Å²) < 4.78 is 22.1. The molecule has 0 bridgehead atoms. The number of ether oxygens (including phenoxy) is 3. The van der Waals surface area contributed by atoms with Crippen LogP contribution in [0.4, 0.5) is 0 Å². The van der Waals surface area contributed by atoms with Crippen molar-refractivity contribution in [3.8, 4) is 0 Å². The van der Waals surface area contributed by atoms with E-state index in [0.29, 0.717) is 6.42 Å². The largest absolute Gasteiger partial charge is 0.472 e. The summed E-state index contributed by atoms with van der Waals surface area (Å²) in [6.07, 6.45) is 4.78. The Morgan fingerprint density at radius 1 is 1.17 bits per heavy atom. The number of ketones is 1. The minimum Gasteiger partial charge on any atom is -0.472 e. The molecule has 8 heteroatoms. The fraction of sp³-hybridized carbons (Fsp3) is 0.607. The highest BCUT2D eigenvalue weighted by Gasteiger charge is 2.74. The molecule has 1 aliphatic heterocycles. The van der Waals surface area contributed by atoms with Crippen LogP contribution in [-0.4, -0.2) is 55.4 Å². The molecule has 1 aromatic rings. The highest BCUT2D eigenvalue weighted by molar-refractivity contribution is 5.99. The summed E-state index contributed by atoms with van der Waals surface area (Å²) in [4.78, 5) is 39.6. The van der Waals surface area contributed by atoms with E-state index in [2.05, 4.69) is 6.92 Å². The summed E-state index contributed by atoms with van der Waals surface area (Å²) in [6, 6.07) is 1.94. The van der Waals surface area contributed by atoms with Crippen LogP contribution < -0.4 is 0 Å². The normalized spacial score (nSPS) is 43.1. The van der Waals surface area contributed by atoms with E-state index in [1.807, 2.05) is 13.0 Å². The maximum atomic E-state index is 13.8. The number of hydrogen-bond acceptors (Lipinski definition) is 8. The SMILES string of the molecule is COC(=O)C[C@H]1[C@]2(C)C3=C(C)[C@H](c4ccoc4)CC3O[C@@H]2[C@H](O)C2[C@](C)(C(=O)OC)C=CC(=O)[C@@]21C. The second-order valence-corrected chi connectivity index (χ2v) is 11.3. The molecule has 5 rings (SSSR count). The fourth-order valence-corrected chi connectivity index (χ4v) is 8.29. The van der Waals surface area contributed by atoms with Crippen LogP contribution >= 0.6 is 0 Å². The van der Waals surface area contributed by atoms with Gasteiger partial charge in [0.1, 0.15) is 0 Å². The van der Waals surface area contributed by atoms with Crippen LogP contribution in [0.3, 0.4) is 0 Å². The summed E-state index contributed by atoms with van der Waals surface area (Å²) >= 11 is 0. The monoisotopic (exact) mass is 498 g/mol. The molecule has 1 N–H and O–H groups in total. The predicted octanol–water partition coefficient (Wildman–Crippen LogP) is 3.35. The van der Waals surface area contributed by atoms with E-state index in [1.165, 1.54) is 26.4 Å². The lowest BCUT2D eigenvalue weighted by Gasteiger charge is -2.61. The Morgan fingerprint density at radius 2 is 1.89 bits per heavy atom. The third-order valence-corrected chi connectivity index (χ3v) is 9.87. The lowest BCUT2D eigenvalue weighted by Crippen LogP contribution is -2.69. The van der Waals surface area contributed by atoms with E-state index in [9.17, 15) is 19.5 Å². The van der Waals surface area contributed by atoms with Gasteiger partial charge < -0.3 is 23.7 Å². The van der Waals surface area contributed by atoms with Crippen molar-refractivity contribution in [2.45, 2.75) is 64.8 Å². The van der Waals surface area contributed by atoms with Crippen molar-refractivity contribution in [1.29, 1.82) is 0 Å². The molecule has 0 amide bonds. The van der Waals surface area contributed by atoms with Crippen LogP contribution in [0.5, 0.6) is 0 Å². The average Bonchev–Trinajstić information content (AvgIpc) is 3.56. The van der Waals surface area contributed by atoms with E-state index in [0.717, 1.165) is 16.7 Å². The fourth-order valence-electron chi connectivity index (χ4n) is 8.29. The zero-order valence-electron chi connectivity index (χ0n) is 21.6. The number of allylic oxidation sites excluding steroid dienone is 2. The predicted molar refractivity (Wildman–Crippen MR) is 128 cm³/mol. The molecule has 0 aromatic carbocycles. The molecule has 1 saturated carbocycles. The van der Waals surface area contributed by atoms with E-state index in [1.54, 1.807) is 26.4 Å². The third kappa shape index (κ3) is 2.97. The first-order chi connectivity index (χ1) is 17.0. The van der Waals surface area contributed by atoms with Crippen LogP contribution in [0, 0.1) is 28.1 Å². The maximum absolute atomic E-state index is 13.8. The number of carbonyl (C=O) groups is 3. The van der Waals surface area contributed by atoms with Crippen molar-refractivity contribution in [2.75, 3.05) is 14.2 Å². The van der Waals surface area contributed by atoms with Gasteiger partial charge in [-0.05, 0) is 49.5 Å². The Morgan fingerprint density at radius 3 is 2.50 bits per heavy atom. The molecular weight excluding hydrogens is 464 g/mol. The molecule has 1 saturated heterocycles. The molecule has 0 spiro atoms. The molecule has 36 heavy (non-hydrogen) atoms. The first-order valence-corrected chi connectivity index (χ1v) is 12.4. The van der Waals surface area contributed by atoms with Crippen molar-refractivity contribution < 1.29 is 38.1 Å². The third-order valence-electron chi connectivity index (χ3n) is 9.87. The van der Waals surface area contributed by atoms with Crippen LogP contribution in [0.15, 0.2) is 46.3 Å². The molecule has 1 aromatic heterocycles. The smallest absolute Gasteiger partial charge is 0.315 e. The molecule has 3 aliphatic carbocycles. The van der Waals surface area contributed by atoms with Crippen LogP contribution in [0.1, 0.15) is 52.0 Å². The summed E-state index contributed by atoms with van der Waals surface area (Å²) in [5, 5.41) is 11.9. The van der Waals surface area contributed by atoms with Crippen molar-refractivity contribution in [2.24, 2.45) is 28.1 Å². The molecule has 0 radical (unpaired) electrons. The zero-order chi connectivity index (χ0) is 26.2.